The second-order valence-electron chi connectivity index (χ2n) is 4.50. The number of rotatable bonds is 3. The summed E-state index contributed by atoms with van der Waals surface area (Å²) in [5.74, 6) is 0.881. The molecule has 2 unspecified atom stereocenters. The molecule has 1 saturated heterocycles. The van der Waals surface area contributed by atoms with Crippen LogP contribution >= 0.6 is 0 Å². The third kappa shape index (κ3) is 2.98. The molecule has 1 rings (SSSR count). The highest BCUT2D eigenvalue weighted by Gasteiger charge is 2.23. The molecule has 0 aliphatic carbocycles. The molecule has 1 aliphatic rings. The zero-order valence-corrected chi connectivity index (χ0v) is 9.96. The van der Waals surface area contributed by atoms with Crippen LogP contribution in [0.2, 0.25) is 0 Å². The van der Waals surface area contributed by atoms with Crippen molar-refractivity contribution in [2.75, 3.05) is 13.1 Å². The molecule has 1 fully saturated rings. The molecule has 0 radical (unpaired) electrons. The molecule has 1 heteroatoms. The summed E-state index contributed by atoms with van der Waals surface area (Å²) in [5.41, 5.74) is 1.47. The van der Waals surface area contributed by atoms with Gasteiger partial charge in [-0.3, -0.25) is 4.90 Å². The van der Waals surface area contributed by atoms with E-state index in [0.717, 1.165) is 5.92 Å². The average Bonchev–Trinajstić information content (AvgIpc) is 2.60. The highest BCUT2D eigenvalue weighted by atomic mass is 15.2. The summed E-state index contributed by atoms with van der Waals surface area (Å²) < 4.78 is 0. The van der Waals surface area contributed by atoms with E-state index >= 15 is 0 Å². The Bertz CT molecular complexity index is 227. The standard InChI is InChI=1S/C13H23N/c1-5-6-7-12(3)13(4)14-9-8-11(2)10-14/h5-7,11,13H,8-10H2,1-4H3/b6-5-,12-7+. The Morgan fingerprint density at radius 1 is 1.50 bits per heavy atom. The van der Waals surface area contributed by atoms with Crippen LogP contribution in [0.25, 0.3) is 0 Å². The Kier molecular flexibility index (Phi) is 4.40. The second-order valence-corrected chi connectivity index (χ2v) is 4.50. The van der Waals surface area contributed by atoms with E-state index in [4.69, 9.17) is 0 Å². The van der Waals surface area contributed by atoms with Crippen molar-refractivity contribution in [1.29, 1.82) is 0 Å². The Morgan fingerprint density at radius 3 is 2.71 bits per heavy atom. The maximum Gasteiger partial charge on any atom is 0.0279 e. The second kappa shape index (κ2) is 5.35. The minimum Gasteiger partial charge on any atom is -0.297 e. The SMILES string of the molecule is C/C=C\C=C(/C)C(C)N1CCC(C)C1. The smallest absolute Gasteiger partial charge is 0.0279 e. The Morgan fingerprint density at radius 2 is 2.21 bits per heavy atom. The molecule has 0 aromatic rings. The van der Waals surface area contributed by atoms with E-state index < -0.39 is 0 Å². The summed E-state index contributed by atoms with van der Waals surface area (Å²) in [6, 6.07) is 0.608. The van der Waals surface area contributed by atoms with E-state index in [0.29, 0.717) is 6.04 Å². The van der Waals surface area contributed by atoms with E-state index in [-0.39, 0.29) is 0 Å². The molecular formula is C13H23N. The number of nitrogens with zero attached hydrogens (tertiary/aromatic N) is 1. The van der Waals surface area contributed by atoms with Gasteiger partial charge < -0.3 is 0 Å². The summed E-state index contributed by atoms with van der Waals surface area (Å²) in [6.07, 6.45) is 7.81. The summed E-state index contributed by atoms with van der Waals surface area (Å²) in [7, 11) is 0. The first kappa shape index (κ1) is 11.5. The molecule has 14 heavy (non-hydrogen) atoms. The van der Waals surface area contributed by atoms with Gasteiger partial charge in [0, 0.05) is 12.6 Å². The van der Waals surface area contributed by atoms with Gasteiger partial charge in [0.25, 0.3) is 0 Å². The van der Waals surface area contributed by atoms with Crippen molar-refractivity contribution in [3.63, 3.8) is 0 Å². The number of allylic oxidation sites excluding steroid dienone is 3. The summed E-state index contributed by atoms with van der Waals surface area (Å²) in [4.78, 5) is 2.58. The average molecular weight is 193 g/mol. The molecule has 0 spiro atoms. The Balaban J connectivity index is 2.52. The third-order valence-corrected chi connectivity index (χ3v) is 3.21. The molecule has 1 aliphatic heterocycles. The molecule has 0 bridgehead atoms. The van der Waals surface area contributed by atoms with Crippen molar-refractivity contribution in [3.8, 4) is 0 Å². The molecule has 1 nitrogen and oxygen atoms in total. The highest BCUT2D eigenvalue weighted by Crippen LogP contribution is 2.20. The quantitative estimate of drug-likeness (QED) is 0.622. The van der Waals surface area contributed by atoms with Gasteiger partial charge in [-0.1, -0.05) is 30.7 Å². The largest absolute Gasteiger partial charge is 0.297 e. The monoisotopic (exact) mass is 193 g/mol. The Labute approximate surface area is 88.5 Å². The first-order valence-electron chi connectivity index (χ1n) is 5.68. The fourth-order valence-electron chi connectivity index (χ4n) is 2.00. The van der Waals surface area contributed by atoms with Crippen LogP contribution in [-0.4, -0.2) is 24.0 Å². The van der Waals surface area contributed by atoms with Crippen LogP contribution < -0.4 is 0 Å². The van der Waals surface area contributed by atoms with Crippen LogP contribution in [0.15, 0.2) is 23.8 Å². The molecule has 0 saturated carbocycles. The van der Waals surface area contributed by atoms with Gasteiger partial charge in [0.2, 0.25) is 0 Å². The highest BCUT2D eigenvalue weighted by molar-refractivity contribution is 5.15. The molecule has 0 amide bonds. The van der Waals surface area contributed by atoms with Gasteiger partial charge in [-0.25, -0.2) is 0 Å². The van der Waals surface area contributed by atoms with Crippen molar-refractivity contribution in [1.82, 2.24) is 4.90 Å². The zero-order valence-electron chi connectivity index (χ0n) is 9.96. The van der Waals surface area contributed by atoms with E-state index in [1.807, 2.05) is 0 Å². The molecular weight excluding hydrogens is 170 g/mol. The molecule has 0 N–H and O–H groups in total. The minimum absolute atomic E-state index is 0.608. The van der Waals surface area contributed by atoms with Crippen molar-refractivity contribution < 1.29 is 0 Å². The van der Waals surface area contributed by atoms with Gasteiger partial charge >= 0.3 is 0 Å². The fraction of sp³-hybridized carbons (Fsp3) is 0.692. The number of likely N-dealkylation sites (tertiary alicyclic amines) is 1. The minimum atomic E-state index is 0.608. The summed E-state index contributed by atoms with van der Waals surface area (Å²) >= 11 is 0. The van der Waals surface area contributed by atoms with Crippen molar-refractivity contribution in [3.05, 3.63) is 23.8 Å². The van der Waals surface area contributed by atoms with Crippen LogP contribution in [0.3, 0.4) is 0 Å². The molecule has 0 aromatic heterocycles. The van der Waals surface area contributed by atoms with Crippen LogP contribution in [0.4, 0.5) is 0 Å². The topological polar surface area (TPSA) is 3.24 Å². The first-order valence-corrected chi connectivity index (χ1v) is 5.68. The van der Waals surface area contributed by atoms with Crippen molar-refractivity contribution >= 4 is 0 Å². The lowest BCUT2D eigenvalue weighted by atomic mass is 10.1. The van der Waals surface area contributed by atoms with Gasteiger partial charge in [-0.15, -0.1) is 0 Å². The Hall–Kier alpha value is -0.560. The lowest BCUT2D eigenvalue weighted by Gasteiger charge is -2.24. The number of hydrogen-bond donors (Lipinski definition) is 0. The number of hydrogen-bond acceptors (Lipinski definition) is 1. The first-order chi connectivity index (χ1) is 6.65. The fourth-order valence-corrected chi connectivity index (χ4v) is 2.00. The van der Waals surface area contributed by atoms with E-state index in [2.05, 4.69) is 50.8 Å². The van der Waals surface area contributed by atoms with Crippen LogP contribution in [0.1, 0.15) is 34.1 Å². The summed E-state index contributed by atoms with van der Waals surface area (Å²) in [5, 5.41) is 0. The molecule has 1 heterocycles. The van der Waals surface area contributed by atoms with E-state index in [1.54, 1.807) is 0 Å². The maximum absolute atomic E-state index is 2.58. The molecule has 0 aromatic carbocycles. The summed E-state index contributed by atoms with van der Waals surface area (Å²) in [6.45, 7) is 11.5. The predicted octanol–water partition coefficient (Wildman–Crippen LogP) is 3.24. The van der Waals surface area contributed by atoms with Crippen molar-refractivity contribution in [2.45, 2.75) is 40.2 Å². The van der Waals surface area contributed by atoms with Gasteiger partial charge in [0.1, 0.15) is 0 Å². The molecule has 80 valence electrons. The van der Waals surface area contributed by atoms with Gasteiger partial charge in [-0.2, -0.15) is 0 Å². The van der Waals surface area contributed by atoms with Crippen LogP contribution in [-0.2, 0) is 0 Å². The van der Waals surface area contributed by atoms with Gasteiger partial charge in [0.15, 0.2) is 0 Å². The van der Waals surface area contributed by atoms with Gasteiger partial charge in [-0.05, 0) is 39.7 Å². The van der Waals surface area contributed by atoms with E-state index in [1.165, 1.54) is 25.1 Å². The van der Waals surface area contributed by atoms with Crippen LogP contribution in [0.5, 0.6) is 0 Å². The normalized spacial score (nSPS) is 27.4. The maximum atomic E-state index is 2.58. The lowest BCUT2D eigenvalue weighted by molar-refractivity contribution is 0.280. The van der Waals surface area contributed by atoms with Crippen molar-refractivity contribution in [2.24, 2.45) is 5.92 Å². The zero-order chi connectivity index (χ0) is 10.6. The van der Waals surface area contributed by atoms with Crippen LogP contribution in [0, 0.1) is 5.92 Å². The van der Waals surface area contributed by atoms with E-state index in [9.17, 15) is 0 Å². The lowest BCUT2D eigenvalue weighted by Crippen LogP contribution is -2.31. The molecule has 2 atom stereocenters. The van der Waals surface area contributed by atoms with Gasteiger partial charge in [0.05, 0.1) is 0 Å². The predicted molar refractivity (Wildman–Crippen MR) is 63.4 cm³/mol. The third-order valence-electron chi connectivity index (χ3n) is 3.21.